The summed E-state index contributed by atoms with van der Waals surface area (Å²) >= 11 is 0. The molecule has 4 rings (SSSR count). The molecule has 0 aliphatic carbocycles. The lowest BCUT2D eigenvalue weighted by atomic mass is 9.94. The number of benzene rings is 3. The normalized spacial score (nSPS) is 16.5. The van der Waals surface area contributed by atoms with Crippen LogP contribution < -0.4 is 14.4 Å². The number of ketones is 1. The molecule has 1 unspecified atom stereocenters. The second-order valence-electron chi connectivity index (χ2n) is 8.15. The minimum Gasteiger partial charge on any atom is -0.507 e. The molecule has 8 heteroatoms. The summed E-state index contributed by atoms with van der Waals surface area (Å²) in [5.41, 5.74) is 1.31. The van der Waals surface area contributed by atoms with Gasteiger partial charge >= 0.3 is 5.97 Å². The summed E-state index contributed by atoms with van der Waals surface area (Å²) in [4.78, 5) is 40.3. The Hall–Kier alpha value is -4.59. The van der Waals surface area contributed by atoms with E-state index in [1.165, 1.54) is 18.1 Å². The molecule has 0 spiro atoms. The van der Waals surface area contributed by atoms with Gasteiger partial charge in [0.2, 0.25) is 0 Å². The molecule has 37 heavy (non-hydrogen) atoms. The highest BCUT2D eigenvalue weighted by Gasteiger charge is 2.47. The second kappa shape index (κ2) is 11.0. The van der Waals surface area contributed by atoms with E-state index in [0.717, 1.165) is 0 Å². The molecule has 1 saturated heterocycles. The van der Waals surface area contributed by atoms with Crippen LogP contribution in [0, 0.1) is 0 Å². The number of Topliss-reactive ketones (excluding diaryl/α,β-unsaturated/α-hetero) is 1. The number of hydrogen-bond acceptors (Lipinski definition) is 7. The first-order valence-corrected chi connectivity index (χ1v) is 11.9. The molecule has 1 aliphatic rings. The molecule has 0 bridgehead atoms. The first-order chi connectivity index (χ1) is 17.9. The summed E-state index contributed by atoms with van der Waals surface area (Å²) in [5, 5.41) is 11.5. The molecule has 0 radical (unpaired) electrons. The minimum absolute atomic E-state index is 0.0928. The summed E-state index contributed by atoms with van der Waals surface area (Å²) in [5.74, 6) is -1.78. The van der Waals surface area contributed by atoms with Crippen molar-refractivity contribution in [2.45, 2.75) is 19.9 Å². The van der Waals surface area contributed by atoms with Crippen LogP contribution in [0.15, 0.2) is 78.4 Å². The number of ether oxygens (including phenoxy) is 3. The molecule has 190 valence electrons. The average molecular weight is 502 g/mol. The highest BCUT2D eigenvalue weighted by atomic mass is 16.5. The molecule has 1 atom stereocenters. The molecular formula is C29H27NO7. The highest BCUT2D eigenvalue weighted by molar-refractivity contribution is 6.51. The number of aliphatic hydroxyl groups excluding tert-OH is 1. The molecule has 1 fully saturated rings. The van der Waals surface area contributed by atoms with Crippen LogP contribution in [0.4, 0.5) is 5.69 Å². The highest BCUT2D eigenvalue weighted by Crippen LogP contribution is 2.43. The van der Waals surface area contributed by atoms with Crippen molar-refractivity contribution in [3.63, 3.8) is 0 Å². The van der Waals surface area contributed by atoms with Crippen LogP contribution in [-0.2, 0) is 14.3 Å². The first kappa shape index (κ1) is 25.5. The van der Waals surface area contributed by atoms with Crippen molar-refractivity contribution in [1.29, 1.82) is 0 Å². The summed E-state index contributed by atoms with van der Waals surface area (Å²) in [7, 11) is 1.26. The van der Waals surface area contributed by atoms with Crippen LogP contribution in [-0.4, -0.2) is 43.1 Å². The number of esters is 1. The predicted molar refractivity (Wildman–Crippen MR) is 138 cm³/mol. The SMILES string of the molecule is CCOc1ccc(/C(O)=C2/C(=O)C(=O)N(c3cccc(C(=O)OC)c3)C2c2ccccc2)c(OCC)c1. The average Bonchev–Trinajstić information content (AvgIpc) is 3.19. The van der Waals surface area contributed by atoms with Crippen molar-refractivity contribution >= 4 is 29.1 Å². The zero-order valence-electron chi connectivity index (χ0n) is 20.8. The van der Waals surface area contributed by atoms with E-state index in [1.807, 2.05) is 13.0 Å². The fraction of sp³-hybridized carbons (Fsp3) is 0.207. The molecule has 1 amide bonds. The van der Waals surface area contributed by atoms with E-state index < -0.39 is 23.7 Å². The zero-order valence-corrected chi connectivity index (χ0v) is 20.8. The van der Waals surface area contributed by atoms with Gasteiger partial charge in [0.1, 0.15) is 17.3 Å². The van der Waals surface area contributed by atoms with Crippen LogP contribution in [0.25, 0.3) is 5.76 Å². The molecule has 1 aliphatic heterocycles. The fourth-order valence-electron chi connectivity index (χ4n) is 4.32. The number of anilines is 1. The van der Waals surface area contributed by atoms with Crippen LogP contribution in [0.5, 0.6) is 11.5 Å². The Morgan fingerprint density at radius 3 is 2.32 bits per heavy atom. The maximum absolute atomic E-state index is 13.4. The van der Waals surface area contributed by atoms with E-state index in [-0.39, 0.29) is 22.5 Å². The van der Waals surface area contributed by atoms with Gasteiger partial charge < -0.3 is 19.3 Å². The topological polar surface area (TPSA) is 102 Å². The third-order valence-electron chi connectivity index (χ3n) is 5.92. The molecule has 3 aromatic rings. The Bertz CT molecular complexity index is 1360. The summed E-state index contributed by atoms with van der Waals surface area (Å²) in [6.07, 6.45) is 0. The number of carbonyl (C=O) groups is 3. The summed E-state index contributed by atoms with van der Waals surface area (Å²) < 4.78 is 16.1. The van der Waals surface area contributed by atoms with Gasteiger partial charge in [-0.1, -0.05) is 36.4 Å². The van der Waals surface area contributed by atoms with Crippen molar-refractivity contribution in [3.8, 4) is 11.5 Å². The van der Waals surface area contributed by atoms with Gasteiger partial charge in [-0.05, 0) is 49.7 Å². The zero-order chi connectivity index (χ0) is 26.5. The van der Waals surface area contributed by atoms with Gasteiger partial charge in [0.05, 0.1) is 43.1 Å². The number of aliphatic hydroxyl groups is 1. The van der Waals surface area contributed by atoms with Crippen molar-refractivity contribution in [3.05, 3.63) is 95.1 Å². The number of carbonyl (C=O) groups excluding carboxylic acids is 3. The van der Waals surface area contributed by atoms with E-state index in [2.05, 4.69) is 0 Å². The number of rotatable bonds is 8. The van der Waals surface area contributed by atoms with Gasteiger partial charge in [-0.3, -0.25) is 14.5 Å². The Labute approximate surface area is 214 Å². The van der Waals surface area contributed by atoms with Crippen molar-refractivity contribution in [2.24, 2.45) is 0 Å². The molecular weight excluding hydrogens is 474 g/mol. The van der Waals surface area contributed by atoms with Crippen LogP contribution in [0.1, 0.15) is 41.4 Å². The van der Waals surface area contributed by atoms with Gasteiger partial charge in [0.15, 0.2) is 0 Å². The maximum Gasteiger partial charge on any atom is 0.337 e. The van der Waals surface area contributed by atoms with Gasteiger partial charge in [0.25, 0.3) is 11.7 Å². The molecule has 0 saturated carbocycles. The third kappa shape index (κ3) is 4.91. The largest absolute Gasteiger partial charge is 0.507 e. The van der Waals surface area contributed by atoms with E-state index in [1.54, 1.807) is 67.6 Å². The monoisotopic (exact) mass is 501 g/mol. The Morgan fingerprint density at radius 2 is 1.65 bits per heavy atom. The molecule has 8 nitrogen and oxygen atoms in total. The van der Waals surface area contributed by atoms with Gasteiger partial charge in [0, 0.05) is 11.8 Å². The van der Waals surface area contributed by atoms with E-state index in [4.69, 9.17) is 14.2 Å². The standard InChI is InChI=1S/C29H27NO7/c1-4-36-21-14-15-22(23(17-21)37-5-2)26(31)24-25(18-10-7-6-8-11-18)30(28(33)27(24)32)20-13-9-12-19(16-20)29(34)35-3/h6-17,25,31H,4-5H2,1-3H3/b26-24-. The fourth-order valence-corrected chi connectivity index (χ4v) is 4.32. The first-order valence-electron chi connectivity index (χ1n) is 11.9. The Kier molecular flexibility index (Phi) is 7.57. The lowest BCUT2D eigenvalue weighted by molar-refractivity contribution is -0.132. The van der Waals surface area contributed by atoms with Crippen LogP contribution in [0.2, 0.25) is 0 Å². The Balaban J connectivity index is 1.93. The van der Waals surface area contributed by atoms with Crippen molar-refractivity contribution < 1.29 is 33.7 Å². The van der Waals surface area contributed by atoms with Gasteiger partial charge in [-0.2, -0.15) is 0 Å². The minimum atomic E-state index is -0.949. The van der Waals surface area contributed by atoms with E-state index in [0.29, 0.717) is 36.0 Å². The third-order valence-corrected chi connectivity index (χ3v) is 5.92. The van der Waals surface area contributed by atoms with Crippen molar-refractivity contribution in [2.75, 3.05) is 25.2 Å². The van der Waals surface area contributed by atoms with E-state index in [9.17, 15) is 19.5 Å². The number of nitrogens with zero attached hydrogens (tertiary/aromatic N) is 1. The molecule has 1 N–H and O–H groups in total. The van der Waals surface area contributed by atoms with E-state index >= 15 is 0 Å². The van der Waals surface area contributed by atoms with Crippen molar-refractivity contribution in [1.82, 2.24) is 0 Å². The second-order valence-corrected chi connectivity index (χ2v) is 8.15. The number of methoxy groups -OCH3 is 1. The van der Waals surface area contributed by atoms with Crippen LogP contribution in [0.3, 0.4) is 0 Å². The molecule has 1 heterocycles. The number of hydrogen-bond donors (Lipinski definition) is 1. The molecule has 0 aromatic heterocycles. The van der Waals surface area contributed by atoms with Gasteiger partial charge in [-0.15, -0.1) is 0 Å². The maximum atomic E-state index is 13.4. The quantitative estimate of drug-likeness (QED) is 0.203. The summed E-state index contributed by atoms with van der Waals surface area (Å²) in [6, 6.07) is 19.1. The van der Waals surface area contributed by atoms with Gasteiger partial charge in [-0.25, -0.2) is 4.79 Å². The van der Waals surface area contributed by atoms with Crippen LogP contribution >= 0.6 is 0 Å². The Morgan fingerprint density at radius 1 is 0.919 bits per heavy atom. The lowest BCUT2D eigenvalue weighted by Gasteiger charge is -2.26. The smallest absolute Gasteiger partial charge is 0.337 e. The molecule has 3 aromatic carbocycles. The predicted octanol–water partition coefficient (Wildman–Crippen LogP) is 4.90. The lowest BCUT2D eigenvalue weighted by Crippen LogP contribution is -2.29. The summed E-state index contributed by atoms with van der Waals surface area (Å²) in [6.45, 7) is 4.41. The number of amides is 1.